The lowest BCUT2D eigenvalue weighted by atomic mass is 10.2. The average molecular weight is 315 g/mol. The molecule has 0 bridgehead atoms. The molecule has 0 fully saturated rings. The van der Waals surface area contributed by atoms with Gasteiger partial charge in [-0.25, -0.2) is 0 Å². The molecular formula is C12H15BrN2O3. The van der Waals surface area contributed by atoms with Crippen LogP contribution in [0.2, 0.25) is 0 Å². The van der Waals surface area contributed by atoms with E-state index in [1.807, 2.05) is 13.1 Å². The smallest absolute Gasteiger partial charge is 0.225 e. The number of anilines is 1. The standard InChI is InChI=1S/C12H15BrN2O3/c1-14-3-2-12(16)15-9-7-11-10(6-8(9)13)17-4-5-18-11/h6-7,14H,2-5H2,1H3,(H,15,16). The molecule has 5 nitrogen and oxygen atoms in total. The van der Waals surface area contributed by atoms with Crippen LogP contribution in [0.3, 0.4) is 0 Å². The lowest BCUT2D eigenvalue weighted by molar-refractivity contribution is -0.116. The molecule has 1 aromatic carbocycles. The van der Waals surface area contributed by atoms with E-state index in [9.17, 15) is 4.79 Å². The van der Waals surface area contributed by atoms with Gasteiger partial charge < -0.3 is 20.1 Å². The van der Waals surface area contributed by atoms with Crippen LogP contribution in [0.15, 0.2) is 16.6 Å². The number of benzene rings is 1. The zero-order valence-corrected chi connectivity index (χ0v) is 11.7. The maximum Gasteiger partial charge on any atom is 0.225 e. The number of hydrogen-bond acceptors (Lipinski definition) is 4. The number of carbonyl (C=O) groups is 1. The molecule has 2 N–H and O–H groups in total. The van der Waals surface area contributed by atoms with Gasteiger partial charge >= 0.3 is 0 Å². The Hall–Kier alpha value is -1.27. The number of amides is 1. The second-order valence-electron chi connectivity index (χ2n) is 3.88. The number of carbonyl (C=O) groups excluding carboxylic acids is 1. The number of rotatable bonds is 4. The summed E-state index contributed by atoms with van der Waals surface area (Å²) in [5, 5.41) is 5.77. The Balaban J connectivity index is 2.10. The van der Waals surface area contributed by atoms with Gasteiger partial charge in [0, 0.05) is 29.6 Å². The number of hydrogen-bond donors (Lipinski definition) is 2. The van der Waals surface area contributed by atoms with Crippen molar-refractivity contribution < 1.29 is 14.3 Å². The molecule has 6 heteroatoms. The zero-order valence-electron chi connectivity index (χ0n) is 10.1. The Morgan fingerprint density at radius 2 is 2.00 bits per heavy atom. The predicted molar refractivity (Wildman–Crippen MR) is 72.3 cm³/mol. The van der Waals surface area contributed by atoms with E-state index in [1.54, 1.807) is 6.07 Å². The van der Waals surface area contributed by atoms with Gasteiger partial charge in [-0.1, -0.05) is 0 Å². The van der Waals surface area contributed by atoms with E-state index in [0.717, 1.165) is 4.47 Å². The van der Waals surface area contributed by atoms with Crippen molar-refractivity contribution in [3.8, 4) is 11.5 Å². The Morgan fingerprint density at radius 1 is 1.33 bits per heavy atom. The normalized spacial score (nSPS) is 13.2. The van der Waals surface area contributed by atoms with Crippen LogP contribution in [0.5, 0.6) is 11.5 Å². The first-order chi connectivity index (χ1) is 8.70. The third-order valence-corrected chi connectivity index (χ3v) is 3.16. The SMILES string of the molecule is CNCCC(=O)Nc1cc2c(cc1Br)OCCO2. The third-order valence-electron chi connectivity index (χ3n) is 2.51. The zero-order chi connectivity index (χ0) is 13.0. The van der Waals surface area contributed by atoms with Crippen molar-refractivity contribution in [1.29, 1.82) is 0 Å². The molecule has 18 heavy (non-hydrogen) atoms. The van der Waals surface area contributed by atoms with Gasteiger partial charge in [0.15, 0.2) is 11.5 Å². The highest BCUT2D eigenvalue weighted by atomic mass is 79.9. The van der Waals surface area contributed by atoms with Crippen molar-refractivity contribution in [3.63, 3.8) is 0 Å². The van der Waals surface area contributed by atoms with Gasteiger partial charge in [-0.2, -0.15) is 0 Å². The van der Waals surface area contributed by atoms with Gasteiger partial charge in [0.1, 0.15) is 13.2 Å². The van der Waals surface area contributed by atoms with Crippen molar-refractivity contribution in [2.45, 2.75) is 6.42 Å². The lowest BCUT2D eigenvalue weighted by Crippen LogP contribution is -2.19. The van der Waals surface area contributed by atoms with Crippen LogP contribution in [0.4, 0.5) is 5.69 Å². The van der Waals surface area contributed by atoms with Crippen molar-refractivity contribution in [1.82, 2.24) is 5.32 Å². The number of halogens is 1. The number of fused-ring (bicyclic) bond motifs is 1. The fourth-order valence-electron chi connectivity index (χ4n) is 1.61. The molecule has 1 heterocycles. The van der Waals surface area contributed by atoms with E-state index in [0.29, 0.717) is 43.4 Å². The summed E-state index contributed by atoms with van der Waals surface area (Å²) in [6, 6.07) is 3.58. The Kier molecular flexibility index (Phi) is 4.43. The lowest BCUT2D eigenvalue weighted by Gasteiger charge is -2.20. The maximum absolute atomic E-state index is 11.6. The summed E-state index contributed by atoms with van der Waals surface area (Å²) < 4.78 is 11.7. The molecule has 98 valence electrons. The second-order valence-corrected chi connectivity index (χ2v) is 4.73. The van der Waals surface area contributed by atoms with Gasteiger partial charge in [-0.3, -0.25) is 4.79 Å². The fourth-order valence-corrected chi connectivity index (χ4v) is 2.03. The van der Waals surface area contributed by atoms with Crippen LogP contribution in [-0.2, 0) is 4.79 Å². The first-order valence-electron chi connectivity index (χ1n) is 5.74. The van der Waals surface area contributed by atoms with Crippen LogP contribution >= 0.6 is 15.9 Å². The molecule has 0 aliphatic carbocycles. The first-order valence-corrected chi connectivity index (χ1v) is 6.53. The molecule has 1 aromatic rings. The fraction of sp³-hybridized carbons (Fsp3) is 0.417. The van der Waals surface area contributed by atoms with E-state index in [4.69, 9.17) is 9.47 Å². The van der Waals surface area contributed by atoms with E-state index >= 15 is 0 Å². The van der Waals surface area contributed by atoms with Crippen LogP contribution < -0.4 is 20.1 Å². The second kappa shape index (κ2) is 6.06. The largest absolute Gasteiger partial charge is 0.486 e. The molecular weight excluding hydrogens is 300 g/mol. The molecule has 0 saturated heterocycles. The number of ether oxygens (including phenoxy) is 2. The van der Waals surface area contributed by atoms with Crippen LogP contribution in [-0.4, -0.2) is 32.7 Å². The van der Waals surface area contributed by atoms with Gasteiger partial charge in [0.2, 0.25) is 5.91 Å². The molecule has 0 unspecified atom stereocenters. The Morgan fingerprint density at radius 3 is 2.67 bits per heavy atom. The minimum atomic E-state index is -0.0401. The van der Waals surface area contributed by atoms with Crippen molar-refractivity contribution in [3.05, 3.63) is 16.6 Å². The van der Waals surface area contributed by atoms with E-state index < -0.39 is 0 Å². The van der Waals surface area contributed by atoms with Gasteiger partial charge in [-0.05, 0) is 23.0 Å². The molecule has 0 saturated carbocycles. The predicted octanol–water partition coefficient (Wildman–Crippen LogP) is 1.77. The Labute approximate surface area is 114 Å². The summed E-state index contributed by atoms with van der Waals surface area (Å²) in [5.74, 6) is 1.32. The van der Waals surface area contributed by atoms with Crippen LogP contribution in [0.25, 0.3) is 0 Å². The van der Waals surface area contributed by atoms with Crippen LogP contribution in [0.1, 0.15) is 6.42 Å². The minimum Gasteiger partial charge on any atom is -0.486 e. The molecule has 1 aliphatic heterocycles. The third kappa shape index (κ3) is 3.14. The van der Waals surface area contributed by atoms with E-state index in [-0.39, 0.29) is 5.91 Å². The minimum absolute atomic E-state index is 0.0401. The van der Waals surface area contributed by atoms with E-state index in [1.165, 1.54) is 0 Å². The van der Waals surface area contributed by atoms with Crippen LogP contribution in [0, 0.1) is 0 Å². The summed E-state index contributed by atoms with van der Waals surface area (Å²) >= 11 is 3.41. The van der Waals surface area contributed by atoms with Gasteiger partial charge in [0.05, 0.1) is 5.69 Å². The Bertz CT molecular complexity index is 451. The van der Waals surface area contributed by atoms with E-state index in [2.05, 4.69) is 26.6 Å². The van der Waals surface area contributed by atoms with Crippen molar-refractivity contribution in [2.24, 2.45) is 0 Å². The highest BCUT2D eigenvalue weighted by Crippen LogP contribution is 2.38. The molecule has 0 aromatic heterocycles. The molecule has 2 rings (SSSR count). The summed E-state index contributed by atoms with van der Waals surface area (Å²) in [5.41, 5.74) is 0.695. The van der Waals surface area contributed by atoms with Crippen molar-refractivity contribution in [2.75, 3.05) is 32.1 Å². The van der Waals surface area contributed by atoms with Gasteiger partial charge in [0.25, 0.3) is 0 Å². The number of nitrogens with one attached hydrogen (secondary N) is 2. The summed E-state index contributed by atoms with van der Waals surface area (Å²) in [6.07, 6.45) is 0.428. The maximum atomic E-state index is 11.6. The average Bonchev–Trinajstić information content (AvgIpc) is 2.37. The molecule has 1 amide bonds. The summed E-state index contributed by atoms with van der Waals surface area (Å²) in [6.45, 7) is 1.73. The quantitative estimate of drug-likeness (QED) is 0.889. The highest BCUT2D eigenvalue weighted by Gasteiger charge is 2.15. The summed E-state index contributed by atoms with van der Waals surface area (Å²) in [7, 11) is 1.81. The monoisotopic (exact) mass is 314 g/mol. The molecule has 0 atom stereocenters. The first kappa shape index (κ1) is 13.2. The molecule has 1 aliphatic rings. The molecule has 0 radical (unpaired) electrons. The topological polar surface area (TPSA) is 59.6 Å². The van der Waals surface area contributed by atoms with Crippen molar-refractivity contribution >= 4 is 27.5 Å². The summed E-state index contributed by atoms with van der Waals surface area (Å²) in [4.78, 5) is 11.6. The molecule has 0 spiro atoms. The van der Waals surface area contributed by atoms with Gasteiger partial charge in [-0.15, -0.1) is 0 Å². The highest BCUT2D eigenvalue weighted by molar-refractivity contribution is 9.10.